The Morgan fingerprint density at radius 1 is 1.16 bits per heavy atom. The Morgan fingerprint density at radius 3 is 2.72 bits per heavy atom. The molecule has 1 aromatic carbocycles. The summed E-state index contributed by atoms with van der Waals surface area (Å²) in [6.07, 6.45) is 5.87. The lowest BCUT2D eigenvalue weighted by Gasteiger charge is -2.20. The third kappa shape index (κ3) is 4.18. The van der Waals surface area contributed by atoms with Gasteiger partial charge in [0.15, 0.2) is 11.0 Å². The van der Waals surface area contributed by atoms with Gasteiger partial charge in [-0.05, 0) is 67.1 Å². The van der Waals surface area contributed by atoms with Gasteiger partial charge >= 0.3 is 0 Å². The number of hydrogen-bond donors (Lipinski definition) is 1. The standard InChI is InChI=1S/C22H21ClN6O2S/c23-15-5-7-17(8-6-15)31-13-12-27-11-3-4-16(27)14-18-19(24)29-21(25-20(18)30)32-22(26-29)28-9-1-2-10-28/h3-8,11,14,24H,1-2,9-10,12-13H2/b18-14-,24-19?. The third-order valence-electron chi connectivity index (χ3n) is 5.39. The van der Waals surface area contributed by atoms with Crippen molar-refractivity contribution in [1.82, 2.24) is 14.5 Å². The van der Waals surface area contributed by atoms with Crippen LogP contribution in [0.2, 0.25) is 5.02 Å². The quantitative estimate of drug-likeness (QED) is 0.673. The Balaban J connectivity index is 1.30. The van der Waals surface area contributed by atoms with E-state index < -0.39 is 5.91 Å². The number of hydrazone groups is 1. The highest BCUT2D eigenvalue weighted by molar-refractivity contribution is 8.26. The predicted octanol–water partition coefficient (Wildman–Crippen LogP) is 3.89. The van der Waals surface area contributed by atoms with E-state index in [1.165, 1.54) is 16.8 Å². The second-order valence-electron chi connectivity index (χ2n) is 7.53. The molecule has 1 amide bonds. The molecule has 8 nitrogen and oxygen atoms in total. The summed E-state index contributed by atoms with van der Waals surface area (Å²) in [7, 11) is 0. The molecule has 1 fully saturated rings. The zero-order chi connectivity index (χ0) is 22.1. The van der Waals surface area contributed by atoms with E-state index in [1.54, 1.807) is 18.2 Å². The number of nitrogens with one attached hydrogen (secondary N) is 1. The smallest absolute Gasteiger partial charge is 0.283 e. The van der Waals surface area contributed by atoms with Gasteiger partial charge in [-0.25, -0.2) is 0 Å². The van der Waals surface area contributed by atoms with Gasteiger partial charge in [0.1, 0.15) is 12.4 Å². The highest BCUT2D eigenvalue weighted by Gasteiger charge is 2.37. The van der Waals surface area contributed by atoms with E-state index in [-0.39, 0.29) is 11.4 Å². The predicted molar refractivity (Wildman–Crippen MR) is 127 cm³/mol. The van der Waals surface area contributed by atoms with Crippen LogP contribution in [0.4, 0.5) is 0 Å². The van der Waals surface area contributed by atoms with Crippen molar-refractivity contribution in [2.24, 2.45) is 10.1 Å². The first-order valence-corrected chi connectivity index (χ1v) is 11.6. The fourth-order valence-corrected chi connectivity index (χ4v) is 4.79. The lowest BCUT2D eigenvalue weighted by Crippen LogP contribution is -2.35. The zero-order valence-corrected chi connectivity index (χ0v) is 18.8. The minimum Gasteiger partial charge on any atom is -0.492 e. The number of hydrogen-bond acceptors (Lipinski definition) is 6. The lowest BCUT2D eigenvalue weighted by molar-refractivity contribution is -0.114. The number of fused-ring (bicyclic) bond motifs is 1. The maximum atomic E-state index is 12.7. The van der Waals surface area contributed by atoms with Crippen LogP contribution in [-0.4, -0.2) is 56.3 Å². The highest BCUT2D eigenvalue weighted by atomic mass is 35.5. The van der Waals surface area contributed by atoms with Crippen molar-refractivity contribution in [1.29, 1.82) is 5.41 Å². The molecule has 0 radical (unpaired) electrons. The summed E-state index contributed by atoms with van der Waals surface area (Å²) in [4.78, 5) is 19.1. The van der Waals surface area contributed by atoms with Crippen molar-refractivity contribution in [2.75, 3.05) is 19.7 Å². The van der Waals surface area contributed by atoms with E-state index in [0.29, 0.717) is 23.3 Å². The Bertz CT molecular complexity index is 1150. The lowest BCUT2D eigenvalue weighted by atomic mass is 10.1. The number of amidine groups is 3. The van der Waals surface area contributed by atoms with Crippen LogP contribution in [0, 0.1) is 5.41 Å². The van der Waals surface area contributed by atoms with Crippen LogP contribution in [0.1, 0.15) is 18.5 Å². The summed E-state index contributed by atoms with van der Waals surface area (Å²) >= 11 is 7.26. The first kappa shape index (κ1) is 20.8. The Hall–Kier alpha value is -3.04. The fraction of sp³-hybridized carbons (Fsp3) is 0.273. The third-order valence-corrected chi connectivity index (χ3v) is 6.61. The second kappa shape index (κ2) is 8.84. The van der Waals surface area contributed by atoms with Gasteiger partial charge < -0.3 is 14.2 Å². The van der Waals surface area contributed by atoms with Crippen molar-refractivity contribution in [3.8, 4) is 5.75 Å². The molecule has 5 rings (SSSR count). The average molecular weight is 469 g/mol. The topological polar surface area (TPSA) is 86.3 Å². The molecule has 10 heteroatoms. The first-order chi connectivity index (χ1) is 15.6. The van der Waals surface area contributed by atoms with Gasteiger partial charge in [-0.3, -0.25) is 10.2 Å². The number of carbonyl (C=O) groups is 1. The SMILES string of the molecule is N=C1/C(=C/c2cccn2CCOc2ccc(Cl)cc2)C(=O)N=C2SC(N3CCCC3)=NN12. The molecule has 0 aliphatic carbocycles. The molecular formula is C22H21ClN6O2S. The van der Waals surface area contributed by atoms with E-state index in [4.69, 9.17) is 21.7 Å². The van der Waals surface area contributed by atoms with Crippen LogP contribution in [0.15, 0.2) is 58.3 Å². The molecule has 1 N–H and O–H groups in total. The molecule has 0 bridgehead atoms. The number of aromatic nitrogens is 1. The van der Waals surface area contributed by atoms with Crippen molar-refractivity contribution in [3.63, 3.8) is 0 Å². The average Bonchev–Trinajstić information content (AvgIpc) is 3.53. The molecule has 2 aromatic rings. The molecule has 3 aliphatic heterocycles. The summed E-state index contributed by atoms with van der Waals surface area (Å²) in [5, 5.41) is 16.5. The van der Waals surface area contributed by atoms with Crippen LogP contribution < -0.4 is 4.74 Å². The molecule has 4 heterocycles. The zero-order valence-electron chi connectivity index (χ0n) is 17.2. The maximum absolute atomic E-state index is 12.7. The first-order valence-electron chi connectivity index (χ1n) is 10.4. The molecule has 1 aromatic heterocycles. The fourth-order valence-electron chi connectivity index (χ4n) is 3.72. The van der Waals surface area contributed by atoms with Gasteiger partial charge in [-0.15, -0.1) is 5.10 Å². The molecule has 0 atom stereocenters. The Kier molecular flexibility index (Phi) is 5.75. The van der Waals surface area contributed by atoms with Crippen LogP contribution in [0.3, 0.4) is 0 Å². The number of carbonyl (C=O) groups excluding carboxylic acids is 1. The number of benzene rings is 1. The summed E-state index contributed by atoms with van der Waals surface area (Å²) in [6, 6.07) is 11.0. The number of aliphatic imine (C=N–C) groups is 1. The Labute approximate surface area is 194 Å². The molecule has 0 unspecified atom stereocenters. The van der Waals surface area contributed by atoms with E-state index in [1.807, 2.05) is 35.0 Å². The van der Waals surface area contributed by atoms with Gasteiger partial charge in [0.05, 0.1) is 12.1 Å². The Morgan fingerprint density at radius 2 is 1.94 bits per heavy atom. The van der Waals surface area contributed by atoms with Gasteiger partial charge in [0.2, 0.25) is 5.17 Å². The summed E-state index contributed by atoms with van der Waals surface area (Å²) < 4.78 is 7.75. The van der Waals surface area contributed by atoms with Crippen molar-refractivity contribution >= 4 is 51.5 Å². The molecule has 32 heavy (non-hydrogen) atoms. The normalized spacial score (nSPS) is 19.5. The molecule has 0 spiro atoms. The van der Waals surface area contributed by atoms with Crippen LogP contribution in [0.25, 0.3) is 6.08 Å². The summed E-state index contributed by atoms with van der Waals surface area (Å²) in [5.41, 5.74) is 1.02. The minimum absolute atomic E-state index is 0.0480. The van der Waals surface area contributed by atoms with Crippen LogP contribution in [0.5, 0.6) is 5.75 Å². The monoisotopic (exact) mass is 468 g/mol. The maximum Gasteiger partial charge on any atom is 0.283 e. The molecular weight excluding hydrogens is 448 g/mol. The number of thioether (sulfide) groups is 1. The number of rotatable bonds is 5. The van der Waals surface area contributed by atoms with Gasteiger partial charge in [-0.1, -0.05) is 11.6 Å². The highest BCUT2D eigenvalue weighted by Crippen LogP contribution is 2.30. The van der Waals surface area contributed by atoms with E-state index >= 15 is 0 Å². The number of likely N-dealkylation sites (tertiary alicyclic amines) is 1. The van der Waals surface area contributed by atoms with Gasteiger partial charge in [0.25, 0.3) is 5.91 Å². The molecule has 0 saturated carbocycles. The molecule has 3 aliphatic rings. The molecule has 164 valence electrons. The number of nitrogens with zero attached hydrogens (tertiary/aromatic N) is 5. The van der Waals surface area contributed by atoms with Crippen molar-refractivity contribution in [3.05, 3.63) is 58.9 Å². The number of ether oxygens (including phenoxy) is 1. The number of amides is 1. The van der Waals surface area contributed by atoms with Crippen molar-refractivity contribution in [2.45, 2.75) is 19.4 Å². The summed E-state index contributed by atoms with van der Waals surface area (Å²) in [6.45, 7) is 2.93. The van der Waals surface area contributed by atoms with Crippen LogP contribution >= 0.6 is 23.4 Å². The number of halogens is 1. The van der Waals surface area contributed by atoms with E-state index in [9.17, 15) is 4.79 Å². The summed E-state index contributed by atoms with van der Waals surface area (Å²) in [5.74, 6) is 0.370. The van der Waals surface area contributed by atoms with Crippen LogP contribution in [-0.2, 0) is 11.3 Å². The van der Waals surface area contributed by atoms with Gasteiger partial charge in [-0.2, -0.15) is 10.0 Å². The minimum atomic E-state index is -0.420. The van der Waals surface area contributed by atoms with Gasteiger partial charge in [0, 0.05) is 30.0 Å². The van der Waals surface area contributed by atoms with E-state index in [0.717, 1.165) is 42.5 Å². The molecule has 1 saturated heterocycles. The second-order valence-corrected chi connectivity index (χ2v) is 8.90. The van der Waals surface area contributed by atoms with Crippen molar-refractivity contribution < 1.29 is 9.53 Å². The van der Waals surface area contributed by atoms with E-state index in [2.05, 4.69) is 15.0 Å². The largest absolute Gasteiger partial charge is 0.492 e.